The molecule has 4 nitrogen and oxygen atoms in total. The predicted octanol–water partition coefficient (Wildman–Crippen LogP) is 3.20. The number of nitrogens with one attached hydrogen (secondary N) is 1. The van der Waals surface area contributed by atoms with Gasteiger partial charge in [-0.05, 0) is 50.5 Å². The lowest BCUT2D eigenvalue weighted by Gasteiger charge is -2.37. The Morgan fingerprint density at radius 3 is 3.00 bits per heavy atom. The number of nitrogens with zero attached hydrogens (tertiary/aromatic N) is 1. The number of aromatic nitrogens is 1. The van der Waals surface area contributed by atoms with E-state index in [2.05, 4.69) is 4.98 Å². The summed E-state index contributed by atoms with van der Waals surface area (Å²) in [5.74, 6) is -0.0482. The van der Waals surface area contributed by atoms with Gasteiger partial charge in [-0.25, -0.2) is 0 Å². The van der Waals surface area contributed by atoms with Gasteiger partial charge in [0.2, 0.25) is 0 Å². The number of aliphatic hydroxyl groups is 1. The number of amides is 1. The van der Waals surface area contributed by atoms with Crippen LogP contribution >= 0.6 is 11.6 Å². The Balaban J connectivity index is 1.91. The summed E-state index contributed by atoms with van der Waals surface area (Å²) in [5, 5.41) is 11.5. The van der Waals surface area contributed by atoms with Gasteiger partial charge in [0.15, 0.2) is 0 Å². The molecule has 1 saturated heterocycles. The highest BCUT2D eigenvalue weighted by Gasteiger charge is 2.31. The third-order valence-electron chi connectivity index (χ3n) is 4.18. The third kappa shape index (κ3) is 2.78. The fourth-order valence-electron chi connectivity index (χ4n) is 3.08. The number of rotatable bonds is 2. The first-order chi connectivity index (χ1) is 10.1. The number of carbonyl (C=O) groups excluding carboxylic acids is 1. The normalized spacial score (nSPS) is 20.7. The Hall–Kier alpha value is -1.52. The van der Waals surface area contributed by atoms with Gasteiger partial charge >= 0.3 is 0 Å². The highest BCUT2D eigenvalue weighted by molar-refractivity contribution is 6.31. The van der Waals surface area contributed by atoms with Crippen molar-refractivity contribution in [3.8, 4) is 0 Å². The van der Waals surface area contributed by atoms with Gasteiger partial charge in [-0.15, -0.1) is 0 Å². The molecule has 0 aliphatic carbocycles. The fraction of sp³-hybridized carbons (Fsp3) is 0.438. The summed E-state index contributed by atoms with van der Waals surface area (Å²) >= 11 is 5.98. The number of hydrogen-bond acceptors (Lipinski definition) is 2. The van der Waals surface area contributed by atoms with E-state index in [0.29, 0.717) is 17.3 Å². The van der Waals surface area contributed by atoms with Gasteiger partial charge in [-0.1, -0.05) is 11.6 Å². The summed E-state index contributed by atoms with van der Waals surface area (Å²) in [7, 11) is 0. The van der Waals surface area contributed by atoms with Crippen LogP contribution in [0.15, 0.2) is 24.3 Å². The van der Waals surface area contributed by atoms with E-state index in [1.54, 1.807) is 17.9 Å². The minimum atomic E-state index is -0.506. The molecule has 1 aliphatic rings. The molecule has 2 heterocycles. The Kier molecular flexibility index (Phi) is 3.91. The van der Waals surface area contributed by atoms with Gasteiger partial charge in [-0.3, -0.25) is 4.79 Å². The van der Waals surface area contributed by atoms with Crippen LogP contribution in [0.3, 0.4) is 0 Å². The number of piperidine rings is 1. The smallest absolute Gasteiger partial charge is 0.270 e. The maximum absolute atomic E-state index is 12.7. The van der Waals surface area contributed by atoms with Crippen molar-refractivity contribution in [3.63, 3.8) is 0 Å². The van der Waals surface area contributed by atoms with E-state index < -0.39 is 6.10 Å². The zero-order valence-corrected chi connectivity index (χ0v) is 12.7. The molecular formula is C16H19ClN2O2. The minimum absolute atomic E-state index is 0.0482. The average molecular weight is 307 g/mol. The summed E-state index contributed by atoms with van der Waals surface area (Å²) in [4.78, 5) is 17.7. The lowest BCUT2D eigenvalue weighted by molar-refractivity contribution is 0.0277. The van der Waals surface area contributed by atoms with E-state index in [9.17, 15) is 9.90 Å². The van der Waals surface area contributed by atoms with Gasteiger partial charge in [0.25, 0.3) is 5.91 Å². The zero-order valence-electron chi connectivity index (χ0n) is 12.0. The Bertz CT molecular complexity index is 665. The molecule has 1 aliphatic heterocycles. The van der Waals surface area contributed by atoms with Gasteiger partial charge in [-0.2, -0.15) is 0 Å². The van der Waals surface area contributed by atoms with Crippen LogP contribution in [0.25, 0.3) is 10.9 Å². The van der Waals surface area contributed by atoms with E-state index in [0.717, 1.165) is 30.2 Å². The standard InChI is InChI=1S/C16H19ClN2O2/c1-10(20)15-4-2-3-7-19(15)16(21)14-9-11-8-12(17)5-6-13(11)18-14/h5-6,8-10,15,18,20H,2-4,7H2,1H3. The van der Waals surface area contributed by atoms with Crippen molar-refractivity contribution in [2.75, 3.05) is 6.54 Å². The van der Waals surface area contributed by atoms with Crippen molar-refractivity contribution in [2.24, 2.45) is 0 Å². The first-order valence-corrected chi connectivity index (χ1v) is 7.71. The number of benzene rings is 1. The zero-order chi connectivity index (χ0) is 15.0. The molecule has 2 N–H and O–H groups in total. The highest BCUT2D eigenvalue weighted by atomic mass is 35.5. The molecule has 2 atom stereocenters. The van der Waals surface area contributed by atoms with E-state index in [1.165, 1.54) is 0 Å². The molecule has 1 fully saturated rings. The maximum atomic E-state index is 12.7. The molecule has 1 aromatic carbocycles. The monoisotopic (exact) mass is 306 g/mol. The molecular weight excluding hydrogens is 288 g/mol. The molecule has 1 amide bonds. The largest absolute Gasteiger partial charge is 0.391 e. The molecule has 0 saturated carbocycles. The molecule has 0 bridgehead atoms. The predicted molar refractivity (Wildman–Crippen MR) is 83.7 cm³/mol. The number of fused-ring (bicyclic) bond motifs is 1. The van der Waals surface area contributed by atoms with Crippen LogP contribution < -0.4 is 0 Å². The summed E-state index contributed by atoms with van der Waals surface area (Å²) in [5.41, 5.74) is 1.45. The van der Waals surface area contributed by atoms with Crippen LogP contribution in [0.2, 0.25) is 5.02 Å². The SMILES string of the molecule is CC(O)C1CCCCN1C(=O)c1cc2cc(Cl)ccc2[nH]1. The van der Waals surface area contributed by atoms with Gasteiger partial charge in [0, 0.05) is 22.5 Å². The first-order valence-electron chi connectivity index (χ1n) is 7.33. The van der Waals surface area contributed by atoms with Crippen molar-refractivity contribution < 1.29 is 9.90 Å². The summed E-state index contributed by atoms with van der Waals surface area (Å²) < 4.78 is 0. The van der Waals surface area contributed by atoms with Gasteiger partial charge < -0.3 is 15.0 Å². The number of likely N-dealkylation sites (tertiary alicyclic amines) is 1. The molecule has 3 rings (SSSR count). The summed E-state index contributed by atoms with van der Waals surface area (Å²) in [6.07, 6.45) is 2.39. The van der Waals surface area contributed by atoms with Gasteiger partial charge in [0.1, 0.15) is 5.69 Å². The van der Waals surface area contributed by atoms with Crippen molar-refractivity contribution in [1.82, 2.24) is 9.88 Å². The number of carbonyl (C=O) groups is 1. The second-order valence-electron chi connectivity index (χ2n) is 5.72. The summed E-state index contributed by atoms with van der Waals surface area (Å²) in [6, 6.07) is 7.25. The van der Waals surface area contributed by atoms with Crippen LogP contribution in [-0.2, 0) is 0 Å². The van der Waals surface area contributed by atoms with E-state index >= 15 is 0 Å². The lowest BCUT2D eigenvalue weighted by Crippen LogP contribution is -2.49. The van der Waals surface area contributed by atoms with E-state index in [-0.39, 0.29) is 11.9 Å². The molecule has 1 aromatic heterocycles. The molecule has 112 valence electrons. The third-order valence-corrected chi connectivity index (χ3v) is 4.42. The molecule has 2 unspecified atom stereocenters. The number of hydrogen-bond donors (Lipinski definition) is 2. The molecule has 0 spiro atoms. The van der Waals surface area contributed by atoms with Crippen LogP contribution in [0, 0.1) is 0 Å². The topological polar surface area (TPSA) is 56.3 Å². The number of H-pyrrole nitrogens is 1. The average Bonchev–Trinajstić information content (AvgIpc) is 2.89. The van der Waals surface area contributed by atoms with Crippen molar-refractivity contribution in [3.05, 3.63) is 35.0 Å². The van der Waals surface area contributed by atoms with Gasteiger partial charge in [0.05, 0.1) is 12.1 Å². The van der Waals surface area contributed by atoms with Crippen molar-refractivity contribution in [2.45, 2.75) is 38.3 Å². The highest BCUT2D eigenvalue weighted by Crippen LogP contribution is 2.25. The second-order valence-corrected chi connectivity index (χ2v) is 6.15. The fourth-order valence-corrected chi connectivity index (χ4v) is 3.27. The maximum Gasteiger partial charge on any atom is 0.270 e. The molecule has 5 heteroatoms. The lowest BCUT2D eigenvalue weighted by atomic mass is 9.98. The molecule has 2 aromatic rings. The number of halogens is 1. The van der Waals surface area contributed by atoms with Crippen LogP contribution in [-0.4, -0.2) is 39.6 Å². The Labute approximate surface area is 128 Å². The molecule has 0 radical (unpaired) electrons. The number of aromatic amines is 1. The quantitative estimate of drug-likeness (QED) is 0.895. The van der Waals surface area contributed by atoms with E-state index in [1.807, 2.05) is 18.2 Å². The Morgan fingerprint density at radius 2 is 2.24 bits per heavy atom. The molecule has 21 heavy (non-hydrogen) atoms. The van der Waals surface area contributed by atoms with Crippen LogP contribution in [0.5, 0.6) is 0 Å². The van der Waals surface area contributed by atoms with E-state index in [4.69, 9.17) is 11.6 Å². The Morgan fingerprint density at radius 1 is 1.43 bits per heavy atom. The van der Waals surface area contributed by atoms with Crippen LogP contribution in [0.1, 0.15) is 36.7 Å². The summed E-state index contributed by atoms with van der Waals surface area (Å²) in [6.45, 7) is 2.45. The van der Waals surface area contributed by atoms with Crippen LogP contribution in [0.4, 0.5) is 0 Å². The first kappa shape index (κ1) is 14.4. The van der Waals surface area contributed by atoms with Crippen molar-refractivity contribution in [1.29, 1.82) is 0 Å². The number of aliphatic hydroxyl groups excluding tert-OH is 1. The second kappa shape index (κ2) is 5.70. The van der Waals surface area contributed by atoms with Crippen molar-refractivity contribution >= 4 is 28.4 Å². The minimum Gasteiger partial charge on any atom is -0.391 e.